The van der Waals surface area contributed by atoms with Crippen LogP contribution in [0.25, 0.3) is 0 Å². The Morgan fingerprint density at radius 3 is 2.33 bits per heavy atom. The van der Waals surface area contributed by atoms with Crippen molar-refractivity contribution in [2.75, 3.05) is 0 Å². The number of aliphatic imine (C=N–C) groups is 1. The SMILES string of the molecule is Cc1ccccc1S(=O)(=O)N(Cc1ccc(Cl)cc1)C12CC(C3=N[C@@H](C(=O)CCCC(F)(F)F)C(C)(C)N3)(C1)C2. The summed E-state index contributed by atoms with van der Waals surface area (Å²) in [6, 6.07) is 13.3. The summed E-state index contributed by atoms with van der Waals surface area (Å²) in [6.07, 6.45) is -4.09. The van der Waals surface area contributed by atoms with Crippen molar-refractivity contribution >= 4 is 33.2 Å². The van der Waals surface area contributed by atoms with E-state index in [4.69, 9.17) is 16.6 Å². The Balaban J connectivity index is 1.37. The number of hydrogen-bond acceptors (Lipinski definition) is 5. The summed E-state index contributed by atoms with van der Waals surface area (Å²) in [5.74, 6) is 0.345. The fourth-order valence-corrected chi connectivity index (χ4v) is 8.63. The van der Waals surface area contributed by atoms with Gasteiger partial charge in [0.05, 0.1) is 10.4 Å². The monoisotopic (exact) mass is 595 g/mol. The number of Topliss-reactive ketones (excluding diaryl/α,β-unsaturated/α-hetero) is 1. The molecule has 6 nitrogen and oxygen atoms in total. The number of hydrogen-bond donors (Lipinski definition) is 1. The van der Waals surface area contributed by atoms with Crippen LogP contribution in [0, 0.1) is 12.3 Å². The molecule has 2 aromatic carbocycles. The molecule has 2 aromatic rings. The molecule has 0 amide bonds. The highest BCUT2D eigenvalue weighted by molar-refractivity contribution is 7.89. The minimum atomic E-state index is -4.30. The molecule has 3 fully saturated rings. The topological polar surface area (TPSA) is 78.8 Å². The van der Waals surface area contributed by atoms with Gasteiger partial charge in [0.2, 0.25) is 10.0 Å². The van der Waals surface area contributed by atoms with Crippen molar-refractivity contribution in [3.05, 3.63) is 64.7 Å². The van der Waals surface area contributed by atoms with Gasteiger partial charge in [-0.05, 0) is 75.8 Å². The second-order valence-electron chi connectivity index (χ2n) is 12.1. The Bertz CT molecular complexity index is 1440. The van der Waals surface area contributed by atoms with E-state index < -0.39 is 39.7 Å². The zero-order valence-corrected chi connectivity index (χ0v) is 24.3. The Morgan fingerprint density at radius 2 is 1.73 bits per heavy atom. The van der Waals surface area contributed by atoms with Crippen LogP contribution in [0.5, 0.6) is 0 Å². The van der Waals surface area contributed by atoms with Crippen molar-refractivity contribution in [1.29, 1.82) is 0 Å². The molecule has 4 aliphatic rings. The zero-order valence-electron chi connectivity index (χ0n) is 22.7. The molecule has 3 saturated carbocycles. The number of benzene rings is 2. The molecule has 1 aliphatic heterocycles. The molecule has 2 bridgehead atoms. The molecule has 0 aromatic heterocycles. The number of sulfonamides is 1. The molecule has 1 heterocycles. The second kappa shape index (κ2) is 9.84. The van der Waals surface area contributed by atoms with Crippen molar-refractivity contribution < 1.29 is 26.4 Å². The number of nitrogens with zero attached hydrogens (tertiary/aromatic N) is 2. The van der Waals surface area contributed by atoms with Gasteiger partial charge in [0.15, 0.2) is 5.78 Å². The van der Waals surface area contributed by atoms with Crippen molar-refractivity contribution in [1.82, 2.24) is 9.62 Å². The molecule has 3 aliphatic carbocycles. The van der Waals surface area contributed by atoms with Crippen LogP contribution in [0.4, 0.5) is 13.2 Å². The molecule has 0 unspecified atom stereocenters. The number of nitrogens with one attached hydrogen (secondary N) is 1. The molecular formula is C29H33ClF3N3O3S. The summed E-state index contributed by atoms with van der Waals surface area (Å²) in [5.41, 5.74) is -0.215. The number of amidine groups is 1. The minimum absolute atomic E-state index is 0.188. The number of halogens is 4. The van der Waals surface area contributed by atoms with E-state index in [1.54, 1.807) is 47.6 Å². The lowest BCUT2D eigenvalue weighted by atomic mass is 9.38. The normalized spacial score (nSPS) is 27.0. The summed E-state index contributed by atoms with van der Waals surface area (Å²) in [5, 5.41) is 3.93. The molecular weight excluding hydrogens is 563 g/mol. The van der Waals surface area contributed by atoms with Crippen molar-refractivity contribution in [2.24, 2.45) is 10.4 Å². The van der Waals surface area contributed by atoms with Crippen LogP contribution in [0.2, 0.25) is 5.02 Å². The van der Waals surface area contributed by atoms with Crippen molar-refractivity contribution in [3.63, 3.8) is 0 Å². The summed E-state index contributed by atoms with van der Waals surface area (Å²) < 4.78 is 67.5. The molecule has 216 valence electrons. The predicted octanol–water partition coefficient (Wildman–Crippen LogP) is 6.21. The summed E-state index contributed by atoms with van der Waals surface area (Å²) in [7, 11) is -3.85. The maximum absolute atomic E-state index is 14.1. The first-order chi connectivity index (χ1) is 18.6. The van der Waals surface area contributed by atoms with Crippen LogP contribution in [0.1, 0.15) is 63.5 Å². The molecule has 1 atom stereocenters. The summed E-state index contributed by atoms with van der Waals surface area (Å²) >= 11 is 6.06. The van der Waals surface area contributed by atoms with Crippen LogP contribution in [-0.2, 0) is 21.4 Å². The third-order valence-electron chi connectivity index (χ3n) is 8.51. The Hall–Kier alpha value is -2.43. The molecule has 6 rings (SSSR count). The van der Waals surface area contributed by atoms with Gasteiger partial charge in [0.25, 0.3) is 0 Å². The number of rotatable bonds is 10. The lowest BCUT2D eigenvalue weighted by Crippen LogP contribution is -2.78. The van der Waals surface area contributed by atoms with E-state index in [-0.39, 0.29) is 35.5 Å². The first-order valence-corrected chi connectivity index (χ1v) is 15.2. The maximum atomic E-state index is 14.1. The van der Waals surface area contributed by atoms with Crippen molar-refractivity contribution in [3.8, 4) is 0 Å². The van der Waals surface area contributed by atoms with Crippen LogP contribution in [0.15, 0.2) is 58.4 Å². The van der Waals surface area contributed by atoms with Crippen LogP contribution < -0.4 is 5.32 Å². The van der Waals surface area contributed by atoms with Gasteiger partial charge >= 0.3 is 6.18 Å². The van der Waals surface area contributed by atoms with Gasteiger partial charge in [-0.2, -0.15) is 17.5 Å². The average molecular weight is 596 g/mol. The van der Waals surface area contributed by atoms with E-state index in [9.17, 15) is 26.4 Å². The molecule has 0 spiro atoms. The number of ketones is 1. The standard InChI is InChI=1S/C29H33ClF3N3O3S/c1-19-7-4-5-9-23(19)40(38,39)36(15-20-10-12-21(30)13-11-20)28-16-27(17-28,18-28)25-34-24(26(2,3)35-25)22(37)8-6-14-29(31,32)33/h4-5,7,9-13,24H,6,8,14-18H2,1-3H3,(H,34,35)/t24-,27?,28?/m0/s1. The van der Waals surface area contributed by atoms with Crippen LogP contribution in [0.3, 0.4) is 0 Å². The maximum Gasteiger partial charge on any atom is 0.389 e. The second-order valence-corrected chi connectivity index (χ2v) is 14.4. The van der Waals surface area contributed by atoms with Crippen molar-refractivity contribution in [2.45, 2.75) is 94.0 Å². The first kappa shape index (κ1) is 29.1. The quantitative estimate of drug-likeness (QED) is 0.354. The van der Waals surface area contributed by atoms with E-state index in [2.05, 4.69) is 5.32 Å². The number of aryl methyl sites for hydroxylation is 1. The highest BCUT2D eigenvalue weighted by Crippen LogP contribution is 2.71. The Kier molecular flexibility index (Phi) is 7.15. The highest BCUT2D eigenvalue weighted by atomic mass is 35.5. The van der Waals surface area contributed by atoms with Gasteiger partial charge in [-0.3, -0.25) is 9.79 Å². The summed E-state index contributed by atoms with van der Waals surface area (Å²) in [6.45, 7) is 5.62. The molecule has 0 radical (unpaired) electrons. The zero-order chi connectivity index (χ0) is 29.1. The van der Waals surface area contributed by atoms with Crippen LogP contribution >= 0.6 is 11.6 Å². The largest absolute Gasteiger partial charge is 0.389 e. The van der Waals surface area contributed by atoms with Gasteiger partial charge in [-0.1, -0.05) is 41.9 Å². The molecule has 11 heteroatoms. The van der Waals surface area contributed by atoms with E-state index >= 15 is 0 Å². The van der Waals surface area contributed by atoms with Gasteiger partial charge in [0, 0.05) is 35.4 Å². The van der Waals surface area contributed by atoms with Gasteiger partial charge < -0.3 is 5.32 Å². The van der Waals surface area contributed by atoms with E-state index in [1.807, 2.05) is 26.0 Å². The van der Waals surface area contributed by atoms with E-state index in [0.717, 1.165) is 5.56 Å². The minimum Gasteiger partial charge on any atom is -0.366 e. The molecule has 0 saturated heterocycles. The lowest BCUT2D eigenvalue weighted by molar-refractivity contribution is -0.151. The average Bonchev–Trinajstić information content (AvgIpc) is 3.12. The highest BCUT2D eigenvalue weighted by Gasteiger charge is 2.75. The van der Waals surface area contributed by atoms with E-state index in [0.29, 0.717) is 35.7 Å². The van der Waals surface area contributed by atoms with Gasteiger partial charge in [-0.25, -0.2) is 8.42 Å². The predicted molar refractivity (Wildman–Crippen MR) is 148 cm³/mol. The fourth-order valence-electron chi connectivity index (χ4n) is 6.52. The molecule has 1 N–H and O–H groups in total. The number of alkyl halides is 3. The fraction of sp³-hybridized carbons (Fsp3) is 0.517. The Morgan fingerprint density at radius 1 is 1.10 bits per heavy atom. The van der Waals surface area contributed by atoms with Crippen LogP contribution in [-0.4, -0.2) is 47.6 Å². The summed E-state index contributed by atoms with van der Waals surface area (Å²) in [4.78, 5) is 17.8. The Labute approximate surface area is 238 Å². The third-order valence-corrected chi connectivity index (χ3v) is 10.9. The van der Waals surface area contributed by atoms with Gasteiger partial charge in [0.1, 0.15) is 11.9 Å². The number of carbonyl (C=O) groups excluding carboxylic acids is 1. The molecule has 40 heavy (non-hydrogen) atoms. The lowest BCUT2D eigenvalue weighted by Gasteiger charge is -2.73. The van der Waals surface area contributed by atoms with Gasteiger partial charge in [-0.15, -0.1) is 0 Å². The van der Waals surface area contributed by atoms with E-state index in [1.165, 1.54) is 0 Å². The number of carbonyl (C=O) groups is 1. The first-order valence-electron chi connectivity index (χ1n) is 13.4. The smallest absolute Gasteiger partial charge is 0.366 e. The third kappa shape index (κ3) is 5.18.